The first kappa shape index (κ1) is 26.3. The largest absolute Gasteiger partial charge is 0.444 e. The van der Waals surface area contributed by atoms with Gasteiger partial charge in [-0.3, -0.25) is 14.6 Å². The maximum absolute atomic E-state index is 15.0. The number of halogens is 1. The van der Waals surface area contributed by atoms with Gasteiger partial charge in [-0.2, -0.15) is 5.26 Å². The van der Waals surface area contributed by atoms with Gasteiger partial charge in [0.15, 0.2) is 5.78 Å². The van der Waals surface area contributed by atoms with E-state index in [2.05, 4.69) is 24.0 Å². The minimum atomic E-state index is -0.649. The van der Waals surface area contributed by atoms with E-state index in [9.17, 15) is 14.9 Å². The first-order valence-corrected chi connectivity index (χ1v) is 13.2. The van der Waals surface area contributed by atoms with Gasteiger partial charge in [-0.05, 0) is 88.1 Å². The van der Waals surface area contributed by atoms with Crippen LogP contribution in [0.25, 0.3) is 5.57 Å². The van der Waals surface area contributed by atoms with Crippen molar-refractivity contribution in [2.24, 2.45) is 11.8 Å². The zero-order valence-corrected chi connectivity index (χ0v) is 21.9. The molecule has 4 atom stereocenters. The van der Waals surface area contributed by atoms with Crippen LogP contribution in [0.4, 0.5) is 9.18 Å². The number of likely N-dealkylation sites (tertiary alicyclic amines) is 1. The maximum Gasteiger partial charge on any atom is 0.411 e. The van der Waals surface area contributed by atoms with Crippen molar-refractivity contribution in [1.82, 2.24) is 9.80 Å². The summed E-state index contributed by atoms with van der Waals surface area (Å²) in [5, 5.41) is 9.79. The number of hydrogen-bond acceptors (Lipinski definition) is 5. The summed E-state index contributed by atoms with van der Waals surface area (Å²) in [5.41, 5.74) is 1.83. The topological polar surface area (TPSA) is 73.6 Å². The van der Waals surface area contributed by atoms with Crippen LogP contribution in [0.15, 0.2) is 24.3 Å². The quantitative estimate of drug-likeness (QED) is 0.509. The van der Waals surface area contributed by atoms with Crippen molar-refractivity contribution in [3.05, 3.63) is 41.2 Å². The lowest BCUT2D eigenvalue weighted by molar-refractivity contribution is -0.126. The number of Topliss-reactive ketones (excluding diaryl/α,β-unsaturated/α-hetero) is 1. The third kappa shape index (κ3) is 5.81. The van der Waals surface area contributed by atoms with Crippen molar-refractivity contribution >= 4 is 17.4 Å². The van der Waals surface area contributed by atoms with Gasteiger partial charge in [0.1, 0.15) is 11.4 Å². The van der Waals surface area contributed by atoms with Gasteiger partial charge in [-0.1, -0.05) is 25.1 Å². The summed E-state index contributed by atoms with van der Waals surface area (Å²) in [6.45, 7) is 10.4. The number of nitrogens with zero attached hydrogens (tertiary/aromatic N) is 3. The summed E-state index contributed by atoms with van der Waals surface area (Å²) in [6, 6.07) is 6.89. The van der Waals surface area contributed by atoms with Crippen molar-refractivity contribution in [2.45, 2.75) is 83.9 Å². The molecule has 2 heterocycles. The third-order valence-corrected chi connectivity index (χ3v) is 7.78. The Morgan fingerprint density at radius 1 is 1.28 bits per heavy atom. The Morgan fingerprint density at radius 2 is 2.06 bits per heavy atom. The third-order valence-electron chi connectivity index (χ3n) is 7.78. The van der Waals surface area contributed by atoms with Gasteiger partial charge >= 0.3 is 6.09 Å². The number of ketones is 1. The highest BCUT2D eigenvalue weighted by atomic mass is 19.1. The molecule has 3 aliphatic rings. The zero-order valence-electron chi connectivity index (χ0n) is 21.9. The molecule has 0 radical (unpaired) electrons. The second kappa shape index (κ2) is 10.7. The van der Waals surface area contributed by atoms with Crippen LogP contribution in [-0.2, 0) is 16.0 Å². The number of fused-ring (bicyclic) bond motifs is 2. The highest BCUT2D eigenvalue weighted by Crippen LogP contribution is 2.44. The Balaban J connectivity index is 1.42. The summed E-state index contributed by atoms with van der Waals surface area (Å²) in [4.78, 5) is 30.2. The van der Waals surface area contributed by atoms with Gasteiger partial charge in [-0.25, -0.2) is 9.18 Å². The second-order valence-corrected chi connectivity index (χ2v) is 11.4. The summed E-state index contributed by atoms with van der Waals surface area (Å²) in [5.74, 6) is -0.999. The summed E-state index contributed by atoms with van der Waals surface area (Å²) in [7, 11) is 0. The SMILES string of the molecule is CCN1CC=C(c2ccc(C[C@@H](C#N)CC(=O)[C@@H]3[C@H]4CC[C@H](C4)N3C(=O)OC(C)(C)C)c(F)c2)CC1. The summed E-state index contributed by atoms with van der Waals surface area (Å²) < 4.78 is 20.6. The molecule has 194 valence electrons. The van der Waals surface area contributed by atoms with Crippen LogP contribution in [0.5, 0.6) is 0 Å². The van der Waals surface area contributed by atoms with Crippen molar-refractivity contribution in [1.29, 1.82) is 5.26 Å². The molecule has 1 saturated carbocycles. The average Bonchev–Trinajstić information content (AvgIpc) is 3.45. The zero-order chi connectivity index (χ0) is 26.0. The molecular weight excluding hydrogens is 457 g/mol. The fourth-order valence-electron chi connectivity index (χ4n) is 5.95. The van der Waals surface area contributed by atoms with E-state index in [1.165, 1.54) is 0 Å². The van der Waals surface area contributed by atoms with E-state index in [4.69, 9.17) is 4.74 Å². The number of benzene rings is 1. The molecule has 4 rings (SSSR count). The number of amides is 1. The van der Waals surface area contributed by atoms with Gasteiger partial charge in [0.05, 0.1) is 18.0 Å². The van der Waals surface area contributed by atoms with Gasteiger partial charge in [-0.15, -0.1) is 0 Å². The average molecular weight is 496 g/mol. The molecule has 2 aliphatic heterocycles. The molecule has 1 aliphatic carbocycles. The fourth-order valence-corrected chi connectivity index (χ4v) is 5.95. The normalized spacial score (nSPS) is 24.8. The molecule has 1 aromatic carbocycles. The van der Waals surface area contributed by atoms with Crippen molar-refractivity contribution in [2.75, 3.05) is 19.6 Å². The molecule has 0 aromatic heterocycles. The van der Waals surface area contributed by atoms with E-state index < -0.39 is 23.7 Å². The number of ether oxygens (including phenoxy) is 1. The van der Waals surface area contributed by atoms with Gasteiger partial charge < -0.3 is 4.74 Å². The lowest BCUT2D eigenvalue weighted by atomic mass is 9.87. The van der Waals surface area contributed by atoms with E-state index >= 15 is 4.39 Å². The number of carbonyl (C=O) groups is 2. The van der Waals surface area contributed by atoms with E-state index in [1.807, 2.05) is 26.8 Å². The Kier molecular flexibility index (Phi) is 7.85. The summed E-state index contributed by atoms with van der Waals surface area (Å²) >= 11 is 0. The summed E-state index contributed by atoms with van der Waals surface area (Å²) in [6.07, 6.45) is 5.34. The molecule has 1 saturated heterocycles. The maximum atomic E-state index is 15.0. The fraction of sp³-hybridized carbons (Fsp3) is 0.621. The predicted molar refractivity (Wildman–Crippen MR) is 137 cm³/mol. The molecule has 6 nitrogen and oxygen atoms in total. The molecule has 2 bridgehead atoms. The number of carbonyl (C=O) groups excluding carboxylic acids is 2. The van der Waals surface area contributed by atoms with E-state index in [-0.39, 0.29) is 36.4 Å². The monoisotopic (exact) mass is 495 g/mol. The molecule has 0 N–H and O–H groups in total. The van der Waals surface area contributed by atoms with Crippen LogP contribution in [0.1, 0.15) is 70.9 Å². The van der Waals surface area contributed by atoms with Crippen molar-refractivity contribution in [3.63, 3.8) is 0 Å². The van der Waals surface area contributed by atoms with Crippen LogP contribution in [-0.4, -0.2) is 59.0 Å². The minimum Gasteiger partial charge on any atom is -0.444 e. The molecule has 1 aromatic rings. The molecule has 0 spiro atoms. The Morgan fingerprint density at radius 3 is 2.67 bits per heavy atom. The van der Waals surface area contributed by atoms with E-state index in [0.29, 0.717) is 5.56 Å². The Hall–Kier alpha value is -2.72. The Bertz CT molecular complexity index is 1070. The van der Waals surface area contributed by atoms with Crippen LogP contribution < -0.4 is 0 Å². The molecule has 1 amide bonds. The number of piperidine rings is 1. The Labute approximate surface area is 214 Å². The molecule has 0 unspecified atom stereocenters. The number of rotatable bonds is 7. The van der Waals surface area contributed by atoms with Crippen molar-refractivity contribution in [3.8, 4) is 6.07 Å². The second-order valence-electron chi connectivity index (χ2n) is 11.4. The predicted octanol–water partition coefficient (Wildman–Crippen LogP) is 5.36. The minimum absolute atomic E-state index is 0.00286. The first-order chi connectivity index (χ1) is 17.1. The molecule has 2 fully saturated rings. The van der Waals surface area contributed by atoms with Gasteiger partial charge in [0.2, 0.25) is 0 Å². The highest BCUT2D eigenvalue weighted by molar-refractivity contribution is 5.89. The molecule has 7 heteroatoms. The van der Waals surface area contributed by atoms with E-state index in [0.717, 1.165) is 56.5 Å². The highest BCUT2D eigenvalue weighted by Gasteiger charge is 2.52. The van der Waals surface area contributed by atoms with Crippen LogP contribution in [0.3, 0.4) is 0 Å². The lowest BCUT2D eigenvalue weighted by Crippen LogP contribution is -2.51. The number of hydrogen-bond donors (Lipinski definition) is 0. The first-order valence-electron chi connectivity index (χ1n) is 13.2. The molecule has 36 heavy (non-hydrogen) atoms. The van der Waals surface area contributed by atoms with Crippen LogP contribution in [0.2, 0.25) is 0 Å². The number of nitriles is 1. The van der Waals surface area contributed by atoms with Crippen LogP contribution >= 0.6 is 0 Å². The van der Waals surface area contributed by atoms with E-state index in [1.54, 1.807) is 17.0 Å². The smallest absolute Gasteiger partial charge is 0.411 e. The van der Waals surface area contributed by atoms with Gasteiger partial charge in [0, 0.05) is 25.6 Å². The number of likely N-dealkylation sites (N-methyl/N-ethyl adjacent to an activating group) is 1. The van der Waals surface area contributed by atoms with Gasteiger partial charge in [0.25, 0.3) is 0 Å². The molecular formula is C29H38FN3O3. The lowest BCUT2D eigenvalue weighted by Gasteiger charge is -2.35. The van der Waals surface area contributed by atoms with Crippen molar-refractivity contribution < 1.29 is 18.7 Å². The standard InChI is InChI=1S/C29H38FN3O3/c1-5-32-12-10-20(11-13-32)21-6-7-22(25(30)17-21)14-19(18-31)15-26(34)27-23-8-9-24(16-23)33(27)28(35)36-29(2,3)4/h6-7,10,17,19,23-24,27H,5,8-9,11-16H2,1-4H3/t19-,23+,24-,27+/m1/s1. The van der Waals surface area contributed by atoms with Crippen LogP contribution in [0, 0.1) is 29.0 Å².